The lowest BCUT2D eigenvalue weighted by atomic mass is 10.2. The number of thioether (sulfide) groups is 1. The number of hydrogen-bond donors (Lipinski definition) is 0. The van der Waals surface area contributed by atoms with Crippen molar-refractivity contribution in [2.24, 2.45) is 0 Å². The Morgan fingerprint density at radius 1 is 1.21 bits per heavy atom. The number of nitrogens with zero attached hydrogens (tertiary/aromatic N) is 4. The van der Waals surface area contributed by atoms with Crippen molar-refractivity contribution in [3.63, 3.8) is 0 Å². The number of benzene rings is 1. The van der Waals surface area contributed by atoms with Gasteiger partial charge in [-0.3, -0.25) is 0 Å². The second kappa shape index (κ2) is 4.81. The van der Waals surface area contributed by atoms with Crippen LogP contribution >= 0.6 is 11.8 Å². The highest BCUT2D eigenvalue weighted by Gasteiger charge is 2.13. The summed E-state index contributed by atoms with van der Waals surface area (Å²) in [7, 11) is 0. The first-order valence-corrected chi connectivity index (χ1v) is 7.37. The van der Waals surface area contributed by atoms with Crippen LogP contribution in [0.1, 0.15) is 20.8 Å². The zero-order valence-corrected chi connectivity index (χ0v) is 12.1. The highest BCUT2D eigenvalue weighted by Crippen LogP contribution is 2.27. The van der Waals surface area contributed by atoms with Gasteiger partial charge in [-0.15, -0.1) is 10.2 Å². The molecular formula is C14H16N4S. The van der Waals surface area contributed by atoms with E-state index < -0.39 is 0 Å². The van der Waals surface area contributed by atoms with Crippen molar-refractivity contribution >= 4 is 33.8 Å². The summed E-state index contributed by atoms with van der Waals surface area (Å²) in [4.78, 5) is 4.68. The van der Waals surface area contributed by atoms with Gasteiger partial charge in [-0.05, 0) is 13.0 Å². The largest absolute Gasteiger partial charge is 0.324 e. The molecule has 0 bridgehead atoms. The minimum Gasteiger partial charge on any atom is -0.324 e. The Balaban J connectivity index is 2.29. The maximum absolute atomic E-state index is 4.68. The van der Waals surface area contributed by atoms with Crippen molar-refractivity contribution in [1.82, 2.24) is 19.7 Å². The van der Waals surface area contributed by atoms with E-state index in [4.69, 9.17) is 0 Å². The lowest BCUT2D eigenvalue weighted by Gasteiger charge is -2.04. The Labute approximate surface area is 116 Å². The van der Waals surface area contributed by atoms with Crippen molar-refractivity contribution in [2.75, 3.05) is 0 Å². The van der Waals surface area contributed by atoms with Crippen molar-refractivity contribution in [3.8, 4) is 0 Å². The quantitative estimate of drug-likeness (QED) is 0.684. The Morgan fingerprint density at radius 3 is 2.74 bits per heavy atom. The maximum atomic E-state index is 4.68. The van der Waals surface area contributed by atoms with Crippen molar-refractivity contribution in [3.05, 3.63) is 24.3 Å². The molecule has 0 spiro atoms. The Bertz CT molecular complexity index is 733. The number of aryl methyl sites for hydroxylation is 1. The molecule has 3 aromatic rings. The van der Waals surface area contributed by atoms with Gasteiger partial charge >= 0.3 is 0 Å². The van der Waals surface area contributed by atoms with Crippen LogP contribution in [-0.4, -0.2) is 25.0 Å². The number of rotatable bonds is 3. The van der Waals surface area contributed by atoms with Crippen LogP contribution in [0.15, 0.2) is 29.4 Å². The molecule has 0 aliphatic rings. The van der Waals surface area contributed by atoms with Gasteiger partial charge in [0.15, 0.2) is 5.65 Å². The van der Waals surface area contributed by atoms with Gasteiger partial charge in [0.05, 0.1) is 5.52 Å². The summed E-state index contributed by atoms with van der Waals surface area (Å²) < 4.78 is 2.20. The molecular weight excluding hydrogens is 256 g/mol. The smallest absolute Gasteiger partial charge is 0.211 e. The summed E-state index contributed by atoms with van der Waals surface area (Å²) in [6.07, 6.45) is 0. The van der Waals surface area contributed by atoms with Gasteiger partial charge in [-0.25, -0.2) is 4.98 Å². The first-order chi connectivity index (χ1) is 9.20. The number of para-hydroxylation sites is 1. The molecule has 0 unspecified atom stereocenters. The van der Waals surface area contributed by atoms with E-state index in [-0.39, 0.29) is 0 Å². The predicted octanol–water partition coefficient (Wildman–Crippen LogP) is 3.50. The molecule has 0 aliphatic heterocycles. The summed E-state index contributed by atoms with van der Waals surface area (Å²) in [5.41, 5.74) is 3.00. The van der Waals surface area contributed by atoms with E-state index in [1.54, 1.807) is 11.8 Å². The molecule has 2 aromatic heterocycles. The van der Waals surface area contributed by atoms with Gasteiger partial charge in [0.1, 0.15) is 5.52 Å². The summed E-state index contributed by atoms with van der Waals surface area (Å²) >= 11 is 1.64. The zero-order chi connectivity index (χ0) is 13.4. The molecule has 0 amide bonds. The minimum absolute atomic E-state index is 0.457. The molecule has 1 aromatic carbocycles. The zero-order valence-electron chi connectivity index (χ0n) is 11.3. The Hall–Kier alpha value is -1.62. The molecule has 0 saturated heterocycles. The molecule has 0 N–H and O–H groups in total. The molecule has 2 heterocycles. The van der Waals surface area contributed by atoms with Crippen LogP contribution < -0.4 is 0 Å². The molecule has 0 aliphatic carbocycles. The lowest BCUT2D eigenvalue weighted by Crippen LogP contribution is -1.99. The van der Waals surface area contributed by atoms with E-state index >= 15 is 0 Å². The second-order valence-corrected chi connectivity index (χ2v) is 6.24. The molecule has 98 valence electrons. The summed E-state index contributed by atoms with van der Waals surface area (Å²) in [6, 6.07) is 8.26. The third-order valence-corrected chi connectivity index (χ3v) is 3.87. The van der Waals surface area contributed by atoms with Gasteiger partial charge < -0.3 is 4.57 Å². The maximum Gasteiger partial charge on any atom is 0.211 e. The normalized spacial score (nSPS) is 11.8. The SMILES string of the molecule is CCn1c2ccccc2c2nnc(SC(C)C)nc21. The average molecular weight is 272 g/mol. The number of fused-ring (bicyclic) bond motifs is 3. The monoisotopic (exact) mass is 272 g/mol. The van der Waals surface area contributed by atoms with Crippen LogP contribution in [0.3, 0.4) is 0 Å². The summed E-state index contributed by atoms with van der Waals surface area (Å²) in [5, 5.41) is 10.9. The van der Waals surface area contributed by atoms with E-state index in [0.29, 0.717) is 5.25 Å². The van der Waals surface area contributed by atoms with Gasteiger partial charge in [0.25, 0.3) is 0 Å². The number of hydrogen-bond acceptors (Lipinski definition) is 4. The van der Waals surface area contributed by atoms with Crippen LogP contribution in [0.25, 0.3) is 22.1 Å². The van der Waals surface area contributed by atoms with E-state index in [0.717, 1.165) is 28.3 Å². The third kappa shape index (κ3) is 2.08. The Kier molecular flexibility index (Phi) is 3.14. The molecule has 0 fully saturated rings. The van der Waals surface area contributed by atoms with Crippen molar-refractivity contribution in [2.45, 2.75) is 37.7 Å². The van der Waals surface area contributed by atoms with Crippen molar-refractivity contribution in [1.29, 1.82) is 0 Å². The fraction of sp³-hybridized carbons (Fsp3) is 0.357. The van der Waals surface area contributed by atoms with E-state index in [1.807, 2.05) is 12.1 Å². The first-order valence-electron chi connectivity index (χ1n) is 6.49. The lowest BCUT2D eigenvalue weighted by molar-refractivity contribution is 0.788. The molecule has 5 heteroatoms. The molecule has 19 heavy (non-hydrogen) atoms. The Morgan fingerprint density at radius 2 is 2.00 bits per heavy atom. The molecule has 3 rings (SSSR count). The minimum atomic E-state index is 0.457. The van der Waals surface area contributed by atoms with E-state index in [9.17, 15) is 0 Å². The fourth-order valence-electron chi connectivity index (χ4n) is 2.27. The van der Waals surface area contributed by atoms with Crippen LogP contribution in [0.2, 0.25) is 0 Å². The van der Waals surface area contributed by atoms with E-state index in [1.165, 1.54) is 5.52 Å². The van der Waals surface area contributed by atoms with Gasteiger partial charge in [0.2, 0.25) is 5.16 Å². The van der Waals surface area contributed by atoms with Crippen LogP contribution in [0, 0.1) is 0 Å². The molecule has 0 saturated carbocycles. The number of aromatic nitrogens is 4. The molecule has 0 radical (unpaired) electrons. The van der Waals surface area contributed by atoms with Gasteiger partial charge in [-0.2, -0.15) is 0 Å². The van der Waals surface area contributed by atoms with Crippen LogP contribution in [0.5, 0.6) is 0 Å². The topological polar surface area (TPSA) is 43.6 Å². The molecule has 0 atom stereocenters. The van der Waals surface area contributed by atoms with Gasteiger partial charge in [-0.1, -0.05) is 43.8 Å². The highest BCUT2D eigenvalue weighted by molar-refractivity contribution is 7.99. The van der Waals surface area contributed by atoms with Gasteiger partial charge in [0, 0.05) is 17.2 Å². The third-order valence-electron chi connectivity index (χ3n) is 3.01. The standard InChI is InChI=1S/C14H16N4S/c1-4-18-11-8-6-5-7-10(11)12-13(18)15-14(17-16-12)19-9(2)3/h5-9H,4H2,1-3H3. The van der Waals surface area contributed by atoms with Crippen molar-refractivity contribution < 1.29 is 0 Å². The van der Waals surface area contributed by atoms with Crippen LogP contribution in [0.4, 0.5) is 0 Å². The second-order valence-electron chi connectivity index (χ2n) is 4.69. The average Bonchev–Trinajstić information content (AvgIpc) is 2.71. The van der Waals surface area contributed by atoms with Crippen LogP contribution in [-0.2, 0) is 6.54 Å². The van der Waals surface area contributed by atoms with E-state index in [2.05, 4.69) is 52.7 Å². The molecule has 4 nitrogen and oxygen atoms in total. The predicted molar refractivity (Wildman–Crippen MR) is 79.5 cm³/mol. The summed E-state index contributed by atoms with van der Waals surface area (Å²) in [5.74, 6) is 0. The highest BCUT2D eigenvalue weighted by atomic mass is 32.2. The fourth-order valence-corrected chi connectivity index (χ4v) is 2.92. The first kappa shape index (κ1) is 12.4. The summed E-state index contributed by atoms with van der Waals surface area (Å²) in [6.45, 7) is 7.28.